The van der Waals surface area contributed by atoms with Crippen molar-refractivity contribution >= 4 is 17.7 Å². The molecule has 0 aliphatic carbocycles. The summed E-state index contributed by atoms with van der Waals surface area (Å²) in [5.74, 6) is 0.500. The fourth-order valence-electron chi connectivity index (χ4n) is 2.10. The van der Waals surface area contributed by atoms with Gasteiger partial charge in [-0.15, -0.1) is 0 Å². The fraction of sp³-hybridized carbons (Fsp3) is 0.500. The van der Waals surface area contributed by atoms with E-state index >= 15 is 0 Å². The highest BCUT2D eigenvalue weighted by Crippen LogP contribution is 2.23. The molecule has 1 amide bonds. The maximum absolute atomic E-state index is 11.8. The summed E-state index contributed by atoms with van der Waals surface area (Å²) < 4.78 is 6.45. The van der Waals surface area contributed by atoms with Crippen LogP contribution in [0.1, 0.15) is 29.6 Å². The van der Waals surface area contributed by atoms with Gasteiger partial charge in [-0.1, -0.05) is 0 Å². The second kappa shape index (κ2) is 4.61. The lowest BCUT2D eigenvalue weighted by Gasteiger charge is -2.26. The van der Waals surface area contributed by atoms with E-state index in [0.717, 1.165) is 25.2 Å². The SMILES string of the molecule is COC(=O)c1cc(N2CCCCC2=O)n(C)c1. The Morgan fingerprint density at radius 2 is 2.18 bits per heavy atom. The molecule has 92 valence electrons. The van der Waals surface area contributed by atoms with Gasteiger partial charge in [0.25, 0.3) is 0 Å². The van der Waals surface area contributed by atoms with Crippen molar-refractivity contribution in [1.29, 1.82) is 0 Å². The smallest absolute Gasteiger partial charge is 0.339 e. The number of hydrogen-bond donors (Lipinski definition) is 0. The first-order valence-electron chi connectivity index (χ1n) is 5.68. The van der Waals surface area contributed by atoms with Gasteiger partial charge >= 0.3 is 5.97 Å². The Morgan fingerprint density at radius 3 is 2.82 bits per heavy atom. The number of nitrogens with zero attached hydrogens (tertiary/aromatic N) is 2. The highest BCUT2D eigenvalue weighted by molar-refractivity contribution is 5.96. The maximum atomic E-state index is 11.8. The van der Waals surface area contributed by atoms with E-state index in [-0.39, 0.29) is 11.9 Å². The van der Waals surface area contributed by atoms with E-state index in [9.17, 15) is 9.59 Å². The molecule has 0 saturated carbocycles. The summed E-state index contributed by atoms with van der Waals surface area (Å²) in [6.07, 6.45) is 4.22. The average Bonchev–Trinajstić information content (AvgIpc) is 2.71. The second-order valence-electron chi connectivity index (χ2n) is 4.19. The van der Waals surface area contributed by atoms with Crippen LogP contribution in [0, 0.1) is 0 Å². The van der Waals surface area contributed by atoms with Crippen LogP contribution in [0.5, 0.6) is 0 Å². The molecule has 1 fully saturated rings. The fourth-order valence-corrected chi connectivity index (χ4v) is 2.10. The molecule has 0 radical (unpaired) electrons. The summed E-state index contributed by atoms with van der Waals surface area (Å²) in [7, 11) is 3.17. The molecule has 5 heteroatoms. The summed E-state index contributed by atoms with van der Waals surface area (Å²) in [5.41, 5.74) is 0.475. The normalized spacial score (nSPS) is 16.1. The van der Waals surface area contributed by atoms with Crippen LogP contribution in [0.4, 0.5) is 5.82 Å². The summed E-state index contributed by atoms with van der Waals surface area (Å²) in [5, 5.41) is 0. The van der Waals surface area contributed by atoms with Crippen molar-refractivity contribution in [3.63, 3.8) is 0 Å². The van der Waals surface area contributed by atoms with Crippen LogP contribution in [-0.2, 0) is 16.6 Å². The molecule has 0 bridgehead atoms. The van der Waals surface area contributed by atoms with Crippen molar-refractivity contribution in [3.8, 4) is 0 Å². The van der Waals surface area contributed by atoms with Gasteiger partial charge in [-0.05, 0) is 18.9 Å². The minimum atomic E-state index is -0.378. The van der Waals surface area contributed by atoms with Gasteiger partial charge < -0.3 is 9.30 Å². The maximum Gasteiger partial charge on any atom is 0.339 e. The molecule has 1 aliphatic heterocycles. The number of amides is 1. The Labute approximate surface area is 100.0 Å². The van der Waals surface area contributed by atoms with E-state index in [0.29, 0.717) is 12.0 Å². The standard InChI is InChI=1S/C12H16N2O3/c1-13-8-9(12(16)17-2)7-10(13)14-6-4-3-5-11(14)15/h7-8H,3-6H2,1-2H3. The highest BCUT2D eigenvalue weighted by Gasteiger charge is 2.23. The monoisotopic (exact) mass is 236 g/mol. The van der Waals surface area contributed by atoms with E-state index in [1.54, 1.807) is 21.7 Å². The number of methoxy groups -OCH3 is 1. The average molecular weight is 236 g/mol. The van der Waals surface area contributed by atoms with Crippen LogP contribution in [-0.4, -0.2) is 30.1 Å². The number of ether oxygens (including phenoxy) is 1. The molecule has 1 aromatic rings. The minimum Gasteiger partial charge on any atom is -0.465 e. The van der Waals surface area contributed by atoms with Gasteiger partial charge in [-0.25, -0.2) is 4.79 Å². The zero-order chi connectivity index (χ0) is 12.4. The number of hydrogen-bond acceptors (Lipinski definition) is 3. The molecule has 5 nitrogen and oxygen atoms in total. The van der Waals surface area contributed by atoms with Crippen LogP contribution < -0.4 is 4.90 Å². The van der Waals surface area contributed by atoms with Gasteiger partial charge in [0.1, 0.15) is 5.82 Å². The first kappa shape index (κ1) is 11.7. The largest absolute Gasteiger partial charge is 0.465 e. The molecule has 1 saturated heterocycles. The lowest BCUT2D eigenvalue weighted by Crippen LogP contribution is -2.36. The number of piperidine rings is 1. The van der Waals surface area contributed by atoms with Gasteiger partial charge in [0.05, 0.1) is 12.7 Å². The Balaban J connectivity index is 2.28. The van der Waals surface area contributed by atoms with E-state index < -0.39 is 0 Å². The van der Waals surface area contributed by atoms with Crippen molar-refractivity contribution < 1.29 is 14.3 Å². The van der Waals surface area contributed by atoms with Crippen LogP contribution in [0.25, 0.3) is 0 Å². The van der Waals surface area contributed by atoms with E-state index in [1.165, 1.54) is 7.11 Å². The zero-order valence-electron chi connectivity index (χ0n) is 10.1. The van der Waals surface area contributed by atoms with Crippen LogP contribution in [0.15, 0.2) is 12.3 Å². The lowest BCUT2D eigenvalue weighted by atomic mass is 10.1. The minimum absolute atomic E-state index is 0.119. The van der Waals surface area contributed by atoms with Crippen LogP contribution in [0.2, 0.25) is 0 Å². The lowest BCUT2D eigenvalue weighted by molar-refractivity contribution is -0.119. The third-order valence-electron chi connectivity index (χ3n) is 3.00. The van der Waals surface area contributed by atoms with Gasteiger partial charge in [-0.2, -0.15) is 0 Å². The molecule has 17 heavy (non-hydrogen) atoms. The van der Waals surface area contributed by atoms with E-state index in [4.69, 9.17) is 0 Å². The third-order valence-corrected chi connectivity index (χ3v) is 3.00. The number of carbonyl (C=O) groups excluding carboxylic acids is 2. The van der Waals surface area contributed by atoms with Gasteiger partial charge in [0.2, 0.25) is 5.91 Å². The summed E-state index contributed by atoms with van der Waals surface area (Å²) >= 11 is 0. The van der Waals surface area contributed by atoms with E-state index in [2.05, 4.69) is 4.74 Å². The predicted molar refractivity (Wildman–Crippen MR) is 63.0 cm³/mol. The van der Waals surface area contributed by atoms with Crippen molar-refractivity contribution in [2.75, 3.05) is 18.6 Å². The molecule has 2 rings (SSSR count). The molecule has 0 N–H and O–H groups in total. The highest BCUT2D eigenvalue weighted by atomic mass is 16.5. The number of esters is 1. The van der Waals surface area contributed by atoms with Crippen LogP contribution >= 0.6 is 0 Å². The van der Waals surface area contributed by atoms with Gasteiger partial charge in [0, 0.05) is 26.2 Å². The van der Waals surface area contributed by atoms with Gasteiger partial charge in [-0.3, -0.25) is 9.69 Å². The zero-order valence-corrected chi connectivity index (χ0v) is 10.1. The predicted octanol–water partition coefficient (Wildman–Crippen LogP) is 1.33. The Kier molecular flexibility index (Phi) is 3.17. The van der Waals surface area contributed by atoms with Crippen molar-refractivity contribution in [2.45, 2.75) is 19.3 Å². The number of aromatic nitrogens is 1. The molecular formula is C12H16N2O3. The Morgan fingerprint density at radius 1 is 1.41 bits per heavy atom. The molecule has 1 aliphatic rings. The van der Waals surface area contributed by atoms with Crippen molar-refractivity contribution in [1.82, 2.24) is 4.57 Å². The molecule has 0 unspecified atom stereocenters. The molecular weight excluding hydrogens is 220 g/mol. The topological polar surface area (TPSA) is 51.5 Å². The van der Waals surface area contributed by atoms with Crippen molar-refractivity contribution in [3.05, 3.63) is 17.8 Å². The molecule has 2 heterocycles. The second-order valence-corrected chi connectivity index (χ2v) is 4.19. The number of rotatable bonds is 2. The quantitative estimate of drug-likeness (QED) is 0.728. The van der Waals surface area contributed by atoms with Crippen LogP contribution in [0.3, 0.4) is 0 Å². The number of carbonyl (C=O) groups is 2. The Hall–Kier alpha value is -1.78. The third kappa shape index (κ3) is 2.18. The first-order chi connectivity index (χ1) is 8.13. The Bertz CT molecular complexity index is 451. The van der Waals surface area contributed by atoms with Gasteiger partial charge in [0.15, 0.2) is 0 Å². The molecule has 1 aromatic heterocycles. The number of aryl methyl sites for hydroxylation is 1. The number of anilines is 1. The molecule has 0 atom stereocenters. The summed E-state index contributed by atoms with van der Waals surface area (Å²) in [6.45, 7) is 0.720. The summed E-state index contributed by atoms with van der Waals surface area (Å²) in [6, 6.07) is 1.70. The van der Waals surface area contributed by atoms with Crippen molar-refractivity contribution in [2.24, 2.45) is 7.05 Å². The molecule has 0 spiro atoms. The first-order valence-corrected chi connectivity index (χ1v) is 5.68. The summed E-state index contributed by atoms with van der Waals surface area (Å²) in [4.78, 5) is 24.9. The van der Waals surface area contributed by atoms with E-state index in [1.807, 2.05) is 7.05 Å². The molecule has 0 aromatic carbocycles.